The quantitative estimate of drug-likeness (QED) is 0.286. The van der Waals surface area contributed by atoms with Crippen LogP contribution in [0.4, 0.5) is 0 Å². The third-order valence-corrected chi connectivity index (χ3v) is 5.80. The molecular weight excluding hydrogens is 292 g/mol. The molecule has 0 fully saturated rings. The van der Waals surface area contributed by atoms with E-state index in [0.29, 0.717) is 11.8 Å². The van der Waals surface area contributed by atoms with Crippen molar-refractivity contribution >= 4 is 5.71 Å². The van der Waals surface area contributed by atoms with Gasteiger partial charge in [0, 0.05) is 6.42 Å². The minimum absolute atomic E-state index is 0.506. The van der Waals surface area contributed by atoms with Crippen LogP contribution < -0.4 is 0 Å². The highest BCUT2D eigenvalue weighted by Crippen LogP contribution is 2.32. The summed E-state index contributed by atoms with van der Waals surface area (Å²) in [5.41, 5.74) is 10.7. The monoisotopic (exact) mass is 328 g/mol. The lowest BCUT2D eigenvalue weighted by molar-refractivity contribution is -0.0200. The number of hydrogen-bond acceptors (Lipinski definition) is 0. The average molecular weight is 329 g/mol. The molecular formula is C22H36N2. The predicted octanol–water partition coefficient (Wildman–Crippen LogP) is 6.88. The highest BCUT2D eigenvalue weighted by Gasteiger charge is 2.30. The second kappa shape index (κ2) is 12.3. The van der Waals surface area contributed by atoms with E-state index in [0.717, 1.165) is 18.6 Å². The average Bonchev–Trinajstić information content (AvgIpc) is 2.70. The molecule has 2 aliphatic rings. The largest absolute Gasteiger partial charge is 0.362 e. The van der Waals surface area contributed by atoms with Crippen molar-refractivity contribution in [3.05, 3.63) is 29.8 Å². The molecule has 2 aliphatic carbocycles. The Balaban J connectivity index is 2.06. The van der Waals surface area contributed by atoms with E-state index >= 15 is 0 Å². The third kappa shape index (κ3) is 7.18. The van der Waals surface area contributed by atoms with Crippen LogP contribution in [0.15, 0.2) is 24.3 Å². The van der Waals surface area contributed by atoms with Gasteiger partial charge in [-0.15, -0.1) is 0 Å². The molecule has 2 rings (SSSR count). The summed E-state index contributed by atoms with van der Waals surface area (Å²) < 4.78 is 0. The first-order chi connectivity index (χ1) is 11.9. The van der Waals surface area contributed by atoms with Gasteiger partial charge >= 0.3 is 0 Å². The fourth-order valence-electron chi connectivity index (χ4n) is 4.38. The Morgan fingerprint density at radius 1 is 0.667 bits per heavy atom. The van der Waals surface area contributed by atoms with Crippen molar-refractivity contribution in [2.45, 2.75) is 96.3 Å². The van der Waals surface area contributed by atoms with E-state index in [4.69, 9.17) is 0 Å². The van der Waals surface area contributed by atoms with Crippen LogP contribution in [0.3, 0.4) is 0 Å². The van der Waals surface area contributed by atoms with E-state index in [-0.39, 0.29) is 0 Å². The van der Waals surface area contributed by atoms with E-state index in [9.17, 15) is 5.53 Å². The summed E-state index contributed by atoms with van der Waals surface area (Å²) in [5, 5.41) is 0. The van der Waals surface area contributed by atoms with Gasteiger partial charge in [-0.2, -0.15) is 4.79 Å². The molecule has 0 amide bonds. The molecule has 2 unspecified atom stereocenters. The Morgan fingerprint density at radius 2 is 1.25 bits per heavy atom. The standard InChI is InChI=1S/C22H36N2/c23-24-22-19-15-11-7-3-6-10-14-18-21(22)20-16-12-8-4-1-2-5-9-13-17-20/h1,4,7,11,20-21H,2-3,5-6,8-10,12-19H2. The summed E-state index contributed by atoms with van der Waals surface area (Å²) in [5.74, 6) is 1.22. The molecule has 0 heterocycles. The van der Waals surface area contributed by atoms with E-state index in [2.05, 4.69) is 29.1 Å². The van der Waals surface area contributed by atoms with E-state index in [1.54, 1.807) is 0 Å². The Labute approximate surface area is 149 Å². The van der Waals surface area contributed by atoms with Gasteiger partial charge in [0.2, 0.25) is 0 Å². The van der Waals surface area contributed by atoms with Crippen molar-refractivity contribution in [3.63, 3.8) is 0 Å². The first-order valence-corrected chi connectivity index (χ1v) is 10.4. The molecule has 0 aliphatic heterocycles. The van der Waals surface area contributed by atoms with Gasteiger partial charge in [-0.1, -0.05) is 50.0 Å². The first-order valence-electron chi connectivity index (χ1n) is 10.4. The SMILES string of the molecule is [N-]=[N+]=C1CCC=CCCCCCC1C1CCCC=CCCCCC1. The van der Waals surface area contributed by atoms with Crippen molar-refractivity contribution in [1.29, 1.82) is 0 Å². The van der Waals surface area contributed by atoms with Crippen LogP contribution in [0.2, 0.25) is 0 Å². The van der Waals surface area contributed by atoms with Gasteiger partial charge in [0.05, 0.1) is 5.92 Å². The van der Waals surface area contributed by atoms with Crippen LogP contribution in [0.25, 0.3) is 5.53 Å². The molecule has 0 N–H and O–H groups in total. The van der Waals surface area contributed by atoms with Crippen LogP contribution in [0.5, 0.6) is 0 Å². The van der Waals surface area contributed by atoms with Gasteiger partial charge in [-0.05, 0) is 70.1 Å². The zero-order valence-corrected chi connectivity index (χ0v) is 15.5. The summed E-state index contributed by atoms with van der Waals surface area (Å²) in [4.78, 5) is 3.79. The Hall–Kier alpha value is -1.14. The van der Waals surface area contributed by atoms with E-state index in [1.165, 1.54) is 83.5 Å². The van der Waals surface area contributed by atoms with Gasteiger partial charge in [0.1, 0.15) is 0 Å². The zero-order valence-electron chi connectivity index (χ0n) is 15.5. The Morgan fingerprint density at radius 3 is 1.96 bits per heavy atom. The molecule has 24 heavy (non-hydrogen) atoms. The second-order valence-corrected chi connectivity index (χ2v) is 7.65. The maximum atomic E-state index is 9.67. The summed E-state index contributed by atoms with van der Waals surface area (Å²) >= 11 is 0. The normalized spacial score (nSPS) is 28.4. The molecule has 0 aromatic heterocycles. The number of hydrogen-bond donors (Lipinski definition) is 0. The molecule has 0 radical (unpaired) electrons. The van der Waals surface area contributed by atoms with Gasteiger partial charge < -0.3 is 5.53 Å². The van der Waals surface area contributed by atoms with Crippen LogP contribution in [-0.4, -0.2) is 10.5 Å². The molecule has 2 heteroatoms. The molecule has 0 aromatic rings. The molecule has 0 bridgehead atoms. The maximum absolute atomic E-state index is 9.67. The third-order valence-electron chi connectivity index (χ3n) is 5.80. The van der Waals surface area contributed by atoms with Gasteiger partial charge in [-0.25, -0.2) is 0 Å². The van der Waals surface area contributed by atoms with Crippen LogP contribution in [0.1, 0.15) is 96.3 Å². The lowest BCUT2D eigenvalue weighted by Crippen LogP contribution is -2.25. The van der Waals surface area contributed by atoms with Crippen molar-refractivity contribution in [2.24, 2.45) is 11.8 Å². The number of allylic oxidation sites excluding steroid dienone is 4. The van der Waals surface area contributed by atoms with Crippen molar-refractivity contribution < 1.29 is 4.79 Å². The van der Waals surface area contributed by atoms with Gasteiger partial charge in [0.15, 0.2) is 0 Å². The van der Waals surface area contributed by atoms with Gasteiger partial charge in [0.25, 0.3) is 5.71 Å². The molecule has 0 spiro atoms. The van der Waals surface area contributed by atoms with Crippen molar-refractivity contribution in [3.8, 4) is 0 Å². The Bertz CT molecular complexity index is 443. The van der Waals surface area contributed by atoms with Crippen molar-refractivity contribution in [1.82, 2.24) is 0 Å². The minimum atomic E-state index is 0.506. The van der Waals surface area contributed by atoms with Crippen LogP contribution >= 0.6 is 0 Å². The minimum Gasteiger partial charge on any atom is -0.362 e. The number of nitrogens with zero attached hydrogens (tertiary/aromatic N) is 2. The van der Waals surface area contributed by atoms with Gasteiger partial charge in [-0.3, -0.25) is 0 Å². The smallest absolute Gasteiger partial charge is 0.272 e. The first kappa shape index (κ1) is 19.2. The predicted molar refractivity (Wildman–Crippen MR) is 103 cm³/mol. The highest BCUT2D eigenvalue weighted by atomic mass is 14.9. The summed E-state index contributed by atoms with van der Waals surface area (Å²) in [6.07, 6.45) is 28.1. The molecule has 2 nitrogen and oxygen atoms in total. The summed E-state index contributed by atoms with van der Waals surface area (Å²) in [6, 6.07) is 0. The van der Waals surface area contributed by atoms with E-state index < -0.39 is 0 Å². The summed E-state index contributed by atoms with van der Waals surface area (Å²) in [6.45, 7) is 0. The fraction of sp³-hybridized carbons (Fsp3) is 0.773. The Kier molecular flexibility index (Phi) is 9.80. The van der Waals surface area contributed by atoms with E-state index in [1.807, 2.05) is 0 Å². The number of rotatable bonds is 1. The lowest BCUT2D eigenvalue weighted by atomic mass is 9.77. The molecule has 0 saturated carbocycles. The summed E-state index contributed by atoms with van der Waals surface area (Å²) in [7, 11) is 0. The van der Waals surface area contributed by atoms with Crippen LogP contribution in [0, 0.1) is 11.8 Å². The van der Waals surface area contributed by atoms with Crippen LogP contribution in [-0.2, 0) is 0 Å². The molecule has 0 aromatic carbocycles. The molecule has 134 valence electrons. The lowest BCUT2D eigenvalue weighted by Gasteiger charge is -2.24. The molecule has 0 saturated heterocycles. The topological polar surface area (TPSA) is 36.4 Å². The zero-order chi connectivity index (χ0) is 16.9. The highest BCUT2D eigenvalue weighted by molar-refractivity contribution is 5.82. The maximum Gasteiger partial charge on any atom is 0.272 e. The second-order valence-electron chi connectivity index (χ2n) is 7.65. The fourth-order valence-corrected chi connectivity index (χ4v) is 4.38. The van der Waals surface area contributed by atoms with Crippen molar-refractivity contribution in [2.75, 3.05) is 0 Å². The molecule has 2 atom stereocenters.